The highest BCUT2D eigenvalue weighted by molar-refractivity contribution is 7.85. The number of hydrogen-bond acceptors (Lipinski definition) is 9. The fraction of sp³-hybridized carbons (Fsp3) is 0.818. The van der Waals surface area contributed by atoms with E-state index in [1.165, 1.54) is 10.8 Å². The first kappa shape index (κ1) is 29.5. The van der Waals surface area contributed by atoms with Gasteiger partial charge in [0.2, 0.25) is 0 Å². The van der Waals surface area contributed by atoms with Crippen LogP contribution in [0.2, 0.25) is 23.2 Å². The van der Waals surface area contributed by atoms with Crippen LogP contribution in [0.4, 0.5) is 0 Å². The third-order valence-electron chi connectivity index (χ3n) is 6.99. The zero-order valence-corrected chi connectivity index (χ0v) is 24.6. The number of nitrogens with one attached hydrogen (secondary N) is 1. The summed E-state index contributed by atoms with van der Waals surface area (Å²) in [5, 5.41) is -0.249. The van der Waals surface area contributed by atoms with Crippen LogP contribution in [0.1, 0.15) is 47.5 Å². The number of aromatic amines is 1. The summed E-state index contributed by atoms with van der Waals surface area (Å²) in [6.45, 7) is 14.2. The van der Waals surface area contributed by atoms with Crippen molar-refractivity contribution >= 4 is 30.0 Å². The van der Waals surface area contributed by atoms with Gasteiger partial charge in [0, 0.05) is 12.6 Å². The molecular formula is C22H37ClN2O9SSi. The van der Waals surface area contributed by atoms with Crippen LogP contribution in [0.25, 0.3) is 0 Å². The summed E-state index contributed by atoms with van der Waals surface area (Å²) in [5.74, 6) is -0.988. The molecule has 2 aliphatic heterocycles. The van der Waals surface area contributed by atoms with E-state index in [0.29, 0.717) is 0 Å². The summed E-state index contributed by atoms with van der Waals surface area (Å²) in [7, 11) is -5.82. The minimum absolute atomic E-state index is 0.0409. The van der Waals surface area contributed by atoms with E-state index in [1.54, 1.807) is 13.8 Å². The van der Waals surface area contributed by atoms with Crippen LogP contribution in [0.3, 0.4) is 0 Å². The standard InChI is InChI=1S/C22H37ClN2O9SSi/c1-20(2,3)36(7,8)31-13-15-16-17(34-21(4,5)33-16)22(32-15,10-9-11-30-35(6,28)29)25-12-14(23)18(26)24-19(25)27/h12,15-17H,9-11,13H2,1-8H3,(H,24,26,27)/t15-,16-,17-,22-/m1/s1. The van der Waals surface area contributed by atoms with E-state index >= 15 is 0 Å². The molecule has 0 spiro atoms. The highest BCUT2D eigenvalue weighted by Crippen LogP contribution is 2.49. The lowest BCUT2D eigenvalue weighted by atomic mass is 9.97. The SMILES string of the molecule is CC1(C)O[C@H]2[C@@H](O1)[C@](CCCOS(C)(=O)=O)(n1cc(Cl)c(=O)[nH]c1=O)O[C@@H]2CO[Si](C)(C)C(C)(C)C. The lowest BCUT2D eigenvalue weighted by Crippen LogP contribution is -2.52. The third kappa shape index (κ3) is 6.15. The summed E-state index contributed by atoms with van der Waals surface area (Å²) >= 11 is 6.10. The zero-order chi connectivity index (χ0) is 27.3. The van der Waals surface area contributed by atoms with E-state index < -0.39 is 59.5 Å². The van der Waals surface area contributed by atoms with Crippen LogP contribution in [-0.4, -0.2) is 69.9 Å². The molecular weight excluding hydrogens is 532 g/mol. The number of fused-ring (bicyclic) bond motifs is 1. The predicted octanol–water partition coefficient (Wildman–Crippen LogP) is 2.54. The van der Waals surface area contributed by atoms with Crippen molar-refractivity contribution in [3.05, 3.63) is 32.1 Å². The monoisotopic (exact) mass is 568 g/mol. The molecule has 0 saturated carbocycles. The van der Waals surface area contributed by atoms with Gasteiger partial charge in [-0.2, -0.15) is 8.42 Å². The topological polar surface area (TPSA) is 135 Å². The van der Waals surface area contributed by atoms with Crippen molar-refractivity contribution in [2.24, 2.45) is 0 Å². The summed E-state index contributed by atoms with van der Waals surface area (Å²) in [5.41, 5.74) is -2.94. The number of H-pyrrole nitrogens is 1. The van der Waals surface area contributed by atoms with Crippen molar-refractivity contribution in [1.29, 1.82) is 0 Å². The first-order valence-electron chi connectivity index (χ1n) is 11.8. The number of halogens is 1. The molecule has 11 nitrogen and oxygen atoms in total. The number of hydrogen-bond donors (Lipinski definition) is 1. The third-order valence-corrected chi connectivity index (χ3v) is 12.4. The lowest BCUT2D eigenvalue weighted by Gasteiger charge is -2.38. The van der Waals surface area contributed by atoms with Gasteiger partial charge in [0.15, 0.2) is 19.8 Å². The fourth-order valence-electron chi connectivity index (χ4n) is 4.22. The summed E-state index contributed by atoms with van der Waals surface area (Å²) < 4.78 is 54.5. The van der Waals surface area contributed by atoms with Crippen LogP contribution in [0.15, 0.2) is 15.8 Å². The Kier molecular flexibility index (Phi) is 8.12. The average molecular weight is 569 g/mol. The summed E-state index contributed by atoms with van der Waals surface area (Å²) in [4.78, 5) is 27.2. The molecule has 1 aromatic rings. The molecule has 1 N–H and O–H groups in total. The molecule has 0 bridgehead atoms. The second-order valence-corrected chi connectivity index (χ2v) is 18.2. The number of aromatic nitrogens is 2. The van der Waals surface area contributed by atoms with Gasteiger partial charge in [0.25, 0.3) is 15.7 Å². The van der Waals surface area contributed by atoms with Crippen molar-refractivity contribution < 1.29 is 31.2 Å². The summed E-state index contributed by atoms with van der Waals surface area (Å²) in [6, 6.07) is 0. The van der Waals surface area contributed by atoms with Gasteiger partial charge in [0.1, 0.15) is 23.3 Å². The molecule has 0 amide bonds. The molecule has 1 aromatic heterocycles. The number of ether oxygens (including phenoxy) is 3. The van der Waals surface area contributed by atoms with Crippen molar-refractivity contribution in [3.8, 4) is 0 Å². The largest absolute Gasteiger partial charge is 0.414 e. The van der Waals surface area contributed by atoms with Gasteiger partial charge in [-0.25, -0.2) is 4.79 Å². The van der Waals surface area contributed by atoms with Crippen molar-refractivity contribution in [2.45, 2.75) is 95.4 Å². The first-order chi connectivity index (χ1) is 16.3. The Bertz CT molecular complexity index is 1190. The average Bonchev–Trinajstić information content (AvgIpc) is 3.17. The number of nitrogens with zero attached hydrogens (tertiary/aromatic N) is 1. The van der Waals surface area contributed by atoms with Gasteiger partial charge in [-0.15, -0.1) is 0 Å². The second-order valence-electron chi connectivity index (χ2n) is 11.3. The molecule has 2 fully saturated rings. The van der Waals surface area contributed by atoms with E-state index in [9.17, 15) is 18.0 Å². The molecule has 3 heterocycles. The molecule has 2 saturated heterocycles. The molecule has 3 rings (SSSR count). The van der Waals surface area contributed by atoms with Gasteiger partial charge >= 0.3 is 5.69 Å². The van der Waals surface area contributed by atoms with E-state index in [1.807, 2.05) is 0 Å². The highest BCUT2D eigenvalue weighted by Gasteiger charge is 2.64. The summed E-state index contributed by atoms with van der Waals surface area (Å²) in [6.07, 6.45) is 0.488. The molecule has 2 aliphatic rings. The maximum atomic E-state index is 13.0. The maximum Gasteiger partial charge on any atom is 0.330 e. The Labute approximate surface area is 217 Å². The Hall–Kier alpha value is -1.06. The molecule has 0 aromatic carbocycles. The van der Waals surface area contributed by atoms with Gasteiger partial charge in [-0.05, 0) is 38.4 Å². The maximum absolute atomic E-state index is 13.0. The molecule has 0 radical (unpaired) electrons. The van der Waals surface area contributed by atoms with Crippen molar-refractivity contribution in [1.82, 2.24) is 9.55 Å². The molecule has 36 heavy (non-hydrogen) atoms. The quantitative estimate of drug-likeness (QED) is 0.271. The lowest BCUT2D eigenvalue weighted by molar-refractivity contribution is -0.237. The van der Waals surface area contributed by atoms with Crippen LogP contribution < -0.4 is 11.2 Å². The Morgan fingerprint density at radius 2 is 1.83 bits per heavy atom. The molecule has 14 heteroatoms. The molecule has 0 unspecified atom stereocenters. The minimum atomic E-state index is -3.66. The van der Waals surface area contributed by atoms with Crippen LogP contribution >= 0.6 is 11.6 Å². The van der Waals surface area contributed by atoms with Crippen LogP contribution in [0.5, 0.6) is 0 Å². The van der Waals surface area contributed by atoms with Gasteiger partial charge < -0.3 is 18.6 Å². The Morgan fingerprint density at radius 3 is 2.42 bits per heavy atom. The van der Waals surface area contributed by atoms with Crippen molar-refractivity contribution in [3.63, 3.8) is 0 Å². The van der Waals surface area contributed by atoms with Gasteiger partial charge in [-0.1, -0.05) is 32.4 Å². The normalized spacial score (nSPS) is 28.4. The van der Waals surface area contributed by atoms with Gasteiger partial charge in [-0.3, -0.25) is 18.5 Å². The smallest absolute Gasteiger partial charge is 0.330 e. The number of rotatable bonds is 9. The van der Waals surface area contributed by atoms with E-state index in [4.69, 9.17) is 34.4 Å². The minimum Gasteiger partial charge on any atom is -0.414 e. The highest BCUT2D eigenvalue weighted by atomic mass is 35.5. The van der Waals surface area contributed by atoms with E-state index in [0.717, 1.165) is 6.26 Å². The predicted molar refractivity (Wildman–Crippen MR) is 136 cm³/mol. The Balaban J connectivity index is 2.03. The second kappa shape index (κ2) is 9.91. The van der Waals surface area contributed by atoms with Crippen LogP contribution in [-0.2, 0) is 38.7 Å². The molecule has 206 valence electrons. The van der Waals surface area contributed by atoms with E-state index in [2.05, 4.69) is 38.8 Å². The zero-order valence-electron chi connectivity index (χ0n) is 22.0. The fourth-order valence-corrected chi connectivity index (χ4v) is 5.80. The molecule has 4 atom stereocenters. The van der Waals surface area contributed by atoms with Crippen LogP contribution in [0, 0.1) is 0 Å². The van der Waals surface area contributed by atoms with Crippen molar-refractivity contribution in [2.75, 3.05) is 19.5 Å². The van der Waals surface area contributed by atoms with Gasteiger partial charge in [0.05, 0.1) is 19.5 Å². The molecule has 0 aliphatic carbocycles. The first-order valence-corrected chi connectivity index (χ1v) is 16.9. The van der Waals surface area contributed by atoms with E-state index in [-0.39, 0.29) is 36.1 Å². The Morgan fingerprint density at radius 1 is 1.19 bits per heavy atom.